The van der Waals surface area contributed by atoms with Gasteiger partial charge in [-0.25, -0.2) is 9.18 Å². The fourth-order valence-electron chi connectivity index (χ4n) is 6.61. The Bertz CT molecular complexity index is 2020. The molecule has 0 spiro atoms. The van der Waals surface area contributed by atoms with Gasteiger partial charge in [0.2, 0.25) is 0 Å². The van der Waals surface area contributed by atoms with Crippen LogP contribution in [0.3, 0.4) is 0 Å². The van der Waals surface area contributed by atoms with Crippen LogP contribution in [0.25, 0.3) is 32.8 Å². The molecule has 6 rings (SSSR count). The summed E-state index contributed by atoms with van der Waals surface area (Å²) in [5, 5.41) is 27.1. The zero-order valence-corrected chi connectivity index (χ0v) is 27.7. The number of carboxylic acids is 2. The van der Waals surface area contributed by atoms with E-state index in [0.717, 1.165) is 68.3 Å². The van der Waals surface area contributed by atoms with Crippen LogP contribution in [0.2, 0.25) is 0 Å². The summed E-state index contributed by atoms with van der Waals surface area (Å²) in [4.78, 5) is 21.7. The van der Waals surface area contributed by atoms with Crippen LogP contribution in [0.1, 0.15) is 46.7 Å². The van der Waals surface area contributed by atoms with E-state index >= 15 is 4.39 Å². The van der Waals surface area contributed by atoms with Gasteiger partial charge >= 0.3 is 12.1 Å². The van der Waals surface area contributed by atoms with Gasteiger partial charge in [-0.05, 0) is 61.8 Å². The minimum absolute atomic E-state index is 0.248. The molecule has 3 heterocycles. The summed E-state index contributed by atoms with van der Waals surface area (Å²) in [5.74, 6) is -3.54. The molecule has 0 aliphatic carbocycles. The van der Waals surface area contributed by atoms with Crippen LogP contribution in [0, 0.1) is 12.7 Å². The highest BCUT2D eigenvalue weighted by molar-refractivity contribution is 6.04. The third kappa shape index (κ3) is 7.41. The summed E-state index contributed by atoms with van der Waals surface area (Å²) in [5.41, 5.74) is 4.57. The first-order valence-corrected chi connectivity index (χ1v) is 15.9. The molecule has 0 saturated heterocycles. The fourth-order valence-corrected chi connectivity index (χ4v) is 6.61. The summed E-state index contributed by atoms with van der Waals surface area (Å²) >= 11 is 0. The highest BCUT2D eigenvalue weighted by Crippen LogP contribution is 2.41. The van der Waals surface area contributed by atoms with Gasteiger partial charge in [-0.15, -0.1) is 0 Å². The van der Waals surface area contributed by atoms with Gasteiger partial charge in [0, 0.05) is 41.2 Å². The molecule has 9 nitrogen and oxygen atoms in total. The average molecular weight is 683 g/mol. The average Bonchev–Trinajstić information content (AvgIpc) is 3.48. The predicted molar refractivity (Wildman–Crippen MR) is 175 cm³/mol. The molecule has 2 aromatic heterocycles. The summed E-state index contributed by atoms with van der Waals surface area (Å²) in [6, 6.07) is 17.3. The van der Waals surface area contributed by atoms with Crippen molar-refractivity contribution in [1.29, 1.82) is 0 Å². The molecule has 49 heavy (non-hydrogen) atoms. The van der Waals surface area contributed by atoms with E-state index in [0.29, 0.717) is 43.6 Å². The number of aliphatic carboxylic acids is 1. The number of aromatic nitrogens is 3. The lowest BCUT2D eigenvalue weighted by Crippen LogP contribution is -2.39. The SMILES string of the molecule is Cc1c2c(nn1C)C[N+](C)(C)CCCCn1c(C(=O)O)c(CCCOc3cccc4ccccc34)c3ccc(F)c-2c31.O=C([O-])C(F)(F)F. The Labute approximate surface area is 280 Å². The maximum atomic E-state index is 16.0. The van der Waals surface area contributed by atoms with Crippen LogP contribution < -0.4 is 9.84 Å². The van der Waals surface area contributed by atoms with E-state index in [1.165, 1.54) is 6.07 Å². The van der Waals surface area contributed by atoms with Crippen LogP contribution >= 0.6 is 0 Å². The second-order valence-electron chi connectivity index (χ2n) is 12.9. The van der Waals surface area contributed by atoms with E-state index < -0.39 is 18.1 Å². The van der Waals surface area contributed by atoms with Crippen molar-refractivity contribution in [3.8, 4) is 16.9 Å². The van der Waals surface area contributed by atoms with E-state index in [4.69, 9.17) is 19.7 Å². The number of alkyl halides is 3. The van der Waals surface area contributed by atoms with Gasteiger partial charge in [-0.1, -0.05) is 36.4 Å². The molecule has 0 radical (unpaired) electrons. The van der Waals surface area contributed by atoms with Crippen molar-refractivity contribution in [2.75, 3.05) is 27.2 Å². The van der Waals surface area contributed by atoms with E-state index in [9.17, 15) is 23.1 Å². The number of carbonyl (C=O) groups is 2. The van der Waals surface area contributed by atoms with Gasteiger partial charge in [0.25, 0.3) is 0 Å². The number of fused-ring (bicyclic) bond motifs is 3. The second-order valence-corrected chi connectivity index (χ2v) is 12.9. The van der Waals surface area contributed by atoms with Crippen molar-refractivity contribution in [3.63, 3.8) is 0 Å². The van der Waals surface area contributed by atoms with E-state index in [1.807, 2.05) is 53.6 Å². The van der Waals surface area contributed by atoms with Crippen molar-refractivity contribution in [1.82, 2.24) is 14.3 Å². The molecule has 0 saturated carbocycles. The molecule has 0 atom stereocenters. The second kappa shape index (κ2) is 13.9. The zero-order valence-electron chi connectivity index (χ0n) is 27.7. The molecule has 1 N–H and O–H groups in total. The summed E-state index contributed by atoms with van der Waals surface area (Å²) in [6.07, 6.45) is -2.34. The third-order valence-electron chi connectivity index (χ3n) is 8.92. The Morgan fingerprint density at radius 3 is 2.41 bits per heavy atom. The van der Waals surface area contributed by atoms with Crippen molar-refractivity contribution in [2.24, 2.45) is 7.05 Å². The molecule has 0 unspecified atom stereocenters. The molecular formula is C36H38F4N4O5. The molecule has 0 bridgehead atoms. The number of aryl methyl sites for hydroxylation is 3. The lowest BCUT2D eigenvalue weighted by atomic mass is 9.97. The zero-order chi connectivity index (χ0) is 35.7. The summed E-state index contributed by atoms with van der Waals surface area (Å²) in [6.45, 7) is 4.49. The lowest BCUT2D eigenvalue weighted by molar-refractivity contribution is -0.904. The molecule has 0 fully saturated rings. The number of ether oxygens (including phenoxy) is 1. The van der Waals surface area contributed by atoms with Gasteiger partial charge in [0.15, 0.2) is 0 Å². The maximum Gasteiger partial charge on any atom is 0.430 e. The number of hydrogen-bond acceptors (Lipinski definition) is 5. The quantitative estimate of drug-likeness (QED) is 0.133. The first-order chi connectivity index (χ1) is 23.1. The minimum atomic E-state index is -5.19. The Hall–Kier alpha value is -4.91. The number of quaternary nitrogens is 1. The molecule has 1 aliphatic rings. The monoisotopic (exact) mass is 682 g/mol. The van der Waals surface area contributed by atoms with Crippen LogP contribution in [0.5, 0.6) is 5.75 Å². The van der Waals surface area contributed by atoms with Gasteiger partial charge in [0.05, 0.1) is 32.8 Å². The van der Waals surface area contributed by atoms with E-state index in [1.54, 1.807) is 6.07 Å². The maximum absolute atomic E-state index is 16.0. The van der Waals surface area contributed by atoms with Crippen molar-refractivity contribution in [2.45, 2.75) is 51.9 Å². The number of rotatable bonds is 6. The summed E-state index contributed by atoms with van der Waals surface area (Å²) in [7, 11) is 6.23. The van der Waals surface area contributed by atoms with Crippen LogP contribution in [-0.2, 0) is 31.4 Å². The topological polar surface area (TPSA) is 109 Å². The number of halogens is 4. The number of aromatic carboxylic acids is 1. The largest absolute Gasteiger partial charge is 0.542 e. The third-order valence-corrected chi connectivity index (χ3v) is 8.92. The predicted octanol–water partition coefficient (Wildman–Crippen LogP) is 6.02. The molecule has 13 heteroatoms. The highest BCUT2D eigenvalue weighted by Gasteiger charge is 2.32. The van der Waals surface area contributed by atoms with Gasteiger partial charge in [-0.2, -0.15) is 18.3 Å². The number of carbonyl (C=O) groups excluding carboxylic acids is 1. The Balaban J connectivity index is 0.000000606. The normalized spacial score (nSPS) is 14.4. The highest BCUT2D eigenvalue weighted by atomic mass is 19.4. The summed E-state index contributed by atoms with van der Waals surface area (Å²) < 4.78 is 58.1. The van der Waals surface area contributed by atoms with Crippen molar-refractivity contribution < 1.29 is 46.6 Å². The van der Waals surface area contributed by atoms with Gasteiger partial charge in [-0.3, -0.25) is 4.68 Å². The Morgan fingerprint density at radius 1 is 1.02 bits per heavy atom. The Morgan fingerprint density at radius 2 is 1.71 bits per heavy atom. The van der Waals surface area contributed by atoms with Gasteiger partial charge < -0.3 is 28.8 Å². The van der Waals surface area contributed by atoms with E-state index in [-0.39, 0.29) is 11.5 Å². The van der Waals surface area contributed by atoms with Crippen LogP contribution in [0.4, 0.5) is 17.6 Å². The molecule has 260 valence electrons. The van der Waals surface area contributed by atoms with E-state index in [2.05, 4.69) is 26.2 Å². The molecule has 5 aromatic rings. The number of hydrogen-bond donors (Lipinski definition) is 1. The Kier molecular flexibility index (Phi) is 10.0. The van der Waals surface area contributed by atoms with Crippen molar-refractivity contribution >= 4 is 33.6 Å². The number of nitrogens with zero attached hydrogens (tertiary/aromatic N) is 4. The standard InChI is InChI=1S/C34H37FN4O3.C2HF3O2/c1-22-30-28(36-37(22)2)21-39(3,4)19-8-7-18-38-32-26(16-17-27(35)31(30)32)25(33(38)34(40)41)14-10-20-42-29-15-9-12-23-11-5-6-13-24(23)29;3-2(4,5)1(6)7/h5-6,9,11-13,15-17H,7-8,10,14,18-21H2,1-4H3;(H,6,7). The van der Waals surface area contributed by atoms with Crippen molar-refractivity contribution in [3.05, 3.63) is 83.1 Å². The minimum Gasteiger partial charge on any atom is -0.542 e. The van der Waals surface area contributed by atoms with Gasteiger partial charge in [0.1, 0.15) is 35.5 Å². The van der Waals surface area contributed by atoms with Crippen LogP contribution in [-0.4, -0.2) is 69.3 Å². The fraction of sp³-hybridized carbons (Fsp3) is 0.361. The lowest BCUT2D eigenvalue weighted by Gasteiger charge is -2.29. The molecule has 3 aromatic carbocycles. The first-order valence-electron chi connectivity index (χ1n) is 15.9. The molecular weight excluding hydrogens is 644 g/mol. The number of benzene rings is 3. The van der Waals surface area contributed by atoms with Crippen LogP contribution in [0.15, 0.2) is 54.6 Å². The molecule has 1 aliphatic heterocycles. The number of carboxylic acid groups (broad SMARTS) is 2. The first kappa shape index (κ1) is 35.4. The smallest absolute Gasteiger partial charge is 0.430 e. The molecule has 0 amide bonds.